The fourth-order valence-electron chi connectivity index (χ4n) is 1.58. The predicted molar refractivity (Wildman–Crippen MR) is 74.8 cm³/mol. The van der Waals surface area contributed by atoms with Crippen molar-refractivity contribution in [1.82, 2.24) is 4.98 Å². The maximum absolute atomic E-state index is 13.6. The minimum atomic E-state index is -0.538. The van der Waals surface area contributed by atoms with Crippen LogP contribution in [0.1, 0.15) is 17.4 Å². The predicted octanol–water partition coefficient (Wildman–Crippen LogP) is 3.53. The lowest BCUT2D eigenvalue weighted by Gasteiger charge is -2.08. The zero-order valence-corrected chi connectivity index (χ0v) is 11.4. The van der Waals surface area contributed by atoms with Crippen molar-refractivity contribution in [2.24, 2.45) is 0 Å². The van der Waals surface area contributed by atoms with Crippen LogP contribution in [-0.4, -0.2) is 17.5 Å². The van der Waals surface area contributed by atoms with E-state index in [2.05, 4.69) is 10.3 Å². The molecule has 0 spiro atoms. The molecule has 0 radical (unpaired) electrons. The van der Waals surface area contributed by atoms with Crippen molar-refractivity contribution in [2.45, 2.75) is 6.92 Å². The van der Waals surface area contributed by atoms with Crippen molar-refractivity contribution in [1.29, 1.82) is 0 Å². The van der Waals surface area contributed by atoms with Crippen LogP contribution in [0, 0.1) is 5.82 Å². The number of amides is 1. The summed E-state index contributed by atoms with van der Waals surface area (Å²) < 4.78 is 18.7. The number of carbonyl (C=O) groups is 1. The summed E-state index contributed by atoms with van der Waals surface area (Å²) in [6.45, 7) is 2.13. The third kappa shape index (κ3) is 3.45. The first kappa shape index (κ1) is 14.3. The Labute approximate surface area is 120 Å². The van der Waals surface area contributed by atoms with E-state index >= 15 is 0 Å². The van der Waals surface area contributed by atoms with Gasteiger partial charge in [0.1, 0.15) is 10.8 Å². The van der Waals surface area contributed by atoms with Crippen LogP contribution in [0.5, 0.6) is 5.75 Å². The van der Waals surface area contributed by atoms with Crippen molar-refractivity contribution in [3.63, 3.8) is 0 Å². The van der Waals surface area contributed by atoms with Gasteiger partial charge in [0.15, 0.2) is 11.6 Å². The molecular formula is C14H12ClFN2O2. The molecule has 0 bridgehead atoms. The number of aromatic nitrogens is 1. The van der Waals surface area contributed by atoms with Gasteiger partial charge in [-0.1, -0.05) is 17.7 Å². The molecule has 0 saturated heterocycles. The average molecular weight is 295 g/mol. The van der Waals surface area contributed by atoms with Gasteiger partial charge in [-0.25, -0.2) is 9.37 Å². The summed E-state index contributed by atoms with van der Waals surface area (Å²) >= 11 is 5.71. The molecule has 4 nitrogen and oxygen atoms in total. The third-order valence-corrected chi connectivity index (χ3v) is 2.65. The van der Waals surface area contributed by atoms with E-state index in [4.69, 9.17) is 16.3 Å². The zero-order chi connectivity index (χ0) is 14.5. The molecule has 0 fully saturated rings. The van der Waals surface area contributed by atoms with Crippen molar-refractivity contribution in [2.75, 3.05) is 11.9 Å². The molecule has 1 amide bonds. The van der Waals surface area contributed by atoms with E-state index in [1.165, 1.54) is 18.2 Å². The van der Waals surface area contributed by atoms with Crippen molar-refractivity contribution in [3.8, 4) is 5.75 Å². The third-order valence-electron chi connectivity index (χ3n) is 2.44. The molecule has 0 saturated carbocycles. The molecule has 104 valence electrons. The molecule has 0 aliphatic rings. The highest BCUT2D eigenvalue weighted by atomic mass is 35.5. The number of benzene rings is 1. The first-order valence-electron chi connectivity index (χ1n) is 5.96. The second-order valence-electron chi connectivity index (χ2n) is 3.88. The summed E-state index contributed by atoms with van der Waals surface area (Å²) in [6, 6.07) is 8.90. The van der Waals surface area contributed by atoms with Gasteiger partial charge in [-0.15, -0.1) is 0 Å². The number of rotatable bonds is 4. The molecule has 0 unspecified atom stereocenters. The summed E-state index contributed by atoms with van der Waals surface area (Å²) in [5, 5.41) is 2.76. The molecule has 2 aromatic rings. The van der Waals surface area contributed by atoms with Gasteiger partial charge in [-0.3, -0.25) is 4.79 Å². The Balaban J connectivity index is 2.14. The van der Waals surface area contributed by atoms with Gasteiger partial charge in [-0.05, 0) is 31.2 Å². The smallest absolute Gasteiger partial charge is 0.274 e. The fourth-order valence-corrected chi connectivity index (χ4v) is 1.74. The van der Waals surface area contributed by atoms with E-state index in [9.17, 15) is 9.18 Å². The fraction of sp³-hybridized carbons (Fsp3) is 0.143. The number of hydrogen-bond donors (Lipinski definition) is 1. The van der Waals surface area contributed by atoms with Crippen LogP contribution < -0.4 is 10.1 Å². The quantitative estimate of drug-likeness (QED) is 0.878. The van der Waals surface area contributed by atoms with Gasteiger partial charge in [0.2, 0.25) is 0 Å². The highest BCUT2D eigenvalue weighted by molar-refractivity contribution is 6.29. The van der Waals surface area contributed by atoms with E-state index in [0.717, 1.165) is 0 Å². The normalized spacial score (nSPS) is 10.2. The lowest BCUT2D eigenvalue weighted by Crippen LogP contribution is -2.13. The largest absolute Gasteiger partial charge is 0.491 e. The van der Waals surface area contributed by atoms with Gasteiger partial charge < -0.3 is 10.1 Å². The topological polar surface area (TPSA) is 51.2 Å². The zero-order valence-electron chi connectivity index (χ0n) is 10.7. The number of anilines is 1. The summed E-state index contributed by atoms with van der Waals surface area (Å²) in [5.74, 6) is -0.855. The van der Waals surface area contributed by atoms with E-state index in [-0.39, 0.29) is 16.6 Å². The first-order chi connectivity index (χ1) is 9.60. The summed E-state index contributed by atoms with van der Waals surface area (Å²) in [7, 11) is 0. The van der Waals surface area contributed by atoms with Crippen LogP contribution in [0.4, 0.5) is 10.1 Å². The Bertz CT molecular complexity index is 634. The molecule has 0 atom stereocenters. The number of ether oxygens (including phenoxy) is 1. The molecule has 20 heavy (non-hydrogen) atoms. The van der Waals surface area contributed by atoms with Crippen molar-refractivity contribution < 1.29 is 13.9 Å². The number of nitrogens with one attached hydrogen (secondary N) is 1. The van der Waals surface area contributed by atoms with Crippen LogP contribution >= 0.6 is 11.6 Å². The average Bonchev–Trinajstić information content (AvgIpc) is 2.42. The van der Waals surface area contributed by atoms with E-state index in [1.807, 2.05) is 0 Å². The van der Waals surface area contributed by atoms with Crippen LogP contribution in [0.25, 0.3) is 0 Å². The second kappa shape index (κ2) is 6.34. The van der Waals surface area contributed by atoms with Crippen molar-refractivity contribution in [3.05, 3.63) is 53.1 Å². The first-order valence-corrected chi connectivity index (χ1v) is 6.34. The summed E-state index contributed by atoms with van der Waals surface area (Å²) in [4.78, 5) is 15.8. The lowest BCUT2D eigenvalue weighted by atomic mass is 10.2. The minimum absolute atomic E-state index is 0.145. The maximum atomic E-state index is 13.6. The Kier molecular flexibility index (Phi) is 4.53. The molecule has 6 heteroatoms. The Morgan fingerprint density at radius 1 is 1.40 bits per heavy atom. The van der Waals surface area contributed by atoms with Crippen LogP contribution in [0.3, 0.4) is 0 Å². The maximum Gasteiger partial charge on any atom is 0.274 e. The molecule has 2 rings (SSSR count). The molecule has 1 N–H and O–H groups in total. The van der Waals surface area contributed by atoms with Crippen molar-refractivity contribution >= 4 is 23.2 Å². The molecule has 0 aliphatic heterocycles. The number of carbonyl (C=O) groups excluding carboxylic acids is 1. The summed E-state index contributed by atoms with van der Waals surface area (Å²) in [5.41, 5.74) is 0.476. The number of hydrogen-bond acceptors (Lipinski definition) is 3. The Morgan fingerprint density at radius 2 is 2.20 bits per heavy atom. The van der Waals surface area contributed by atoms with Gasteiger partial charge in [0.25, 0.3) is 5.91 Å². The number of halogens is 2. The van der Waals surface area contributed by atoms with Crippen LogP contribution in [0.15, 0.2) is 36.4 Å². The Hall–Kier alpha value is -2.14. The van der Waals surface area contributed by atoms with Gasteiger partial charge in [0, 0.05) is 11.8 Å². The van der Waals surface area contributed by atoms with Gasteiger partial charge >= 0.3 is 0 Å². The van der Waals surface area contributed by atoms with Gasteiger partial charge in [0.05, 0.1) is 6.61 Å². The van der Waals surface area contributed by atoms with E-state index in [1.54, 1.807) is 25.1 Å². The monoisotopic (exact) mass is 294 g/mol. The van der Waals surface area contributed by atoms with Crippen LogP contribution in [0.2, 0.25) is 5.15 Å². The highest BCUT2D eigenvalue weighted by Gasteiger charge is 2.10. The molecular weight excluding hydrogens is 283 g/mol. The highest BCUT2D eigenvalue weighted by Crippen LogP contribution is 2.21. The summed E-state index contributed by atoms with van der Waals surface area (Å²) in [6.07, 6.45) is 0. The van der Waals surface area contributed by atoms with Gasteiger partial charge in [-0.2, -0.15) is 0 Å². The standard InChI is InChI=1S/C14H12ClFN2O2/c1-2-20-12-7-6-9(8-10(12)16)17-14(19)11-4-3-5-13(15)18-11/h3-8H,2H2,1H3,(H,17,19). The SMILES string of the molecule is CCOc1ccc(NC(=O)c2cccc(Cl)n2)cc1F. The van der Waals surface area contributed by atoms with Crippen LogP contribution in [-0.2, 0) is 0 Å². The van der Waals surface area contributed by atoms with E-state index < -0.39 is 11.7 Å². The molecule has 1 aromatic heterocycles. The second-order valence-corrected chi connectivity index (χ2v) is 4.27. The molecule has 1 heterocycles. The Morgan fingerprint density at radius 3 is 2.85 bits per heavy atom. The number of pyridine rings is 1. The molecule has 1 aromatic carbocycles. The van der Waals surface area contributed by atoms with E-state index in [0.29, 0.717) is 12.3 Å². The number of nitrogens with zero attached hydrogens (tertiary/aromatic N) is 1. The lowest BCUT2D eigenvalue weighted by molar-refractivity contribution is 0.102. The minimum Gasteiger partial charge on any atom is -0.491 e. The molecule has 0 aliphatic carbocycles.